The Hall–Kier alpha value is -1.28. The van der Waals surface area contributed by atoms with E-state index in [0.717, 1.165) is 25.8 Å². The maximum Gasteiger partial charge on any atom is 0.110 e. The quantitative estimate of drug-likeness (QED) is 0.837. The highest BCUT2D eigenvalue weighted by molar-refractivity contribution is 5.25. The summed E-state index contributed by atoms with van der Waals surface area (Å²) in [5.74, 6) is 0.571. The predicted molar refractivity (Wildman–Crippen MR) is 84.6 cm³/mol. The van der Waals surface area contributed by atoms with E-state index in [2.05, 4.69) is 56.4 Å². The number of hydrogen-bond donors (Lipinski definition) is 1. The maximum absolute atomic E-state index is 5.64. The van der Waals surface area contributed by atoms with E-state index < -0.39 is 0 Å². The Balaban J connectivity index is 1.96. The van der Waals surface area contributed by atoms with Crippen LogP contribution in [-0.4, -0.2) is 12.6 Å². The second kappa shape index (κ2) is 7.49. The molecule has 1 heterocycles. The molecule has 1 aromatic rings. The summed E-state index contributed by atoms with van der Waals surface area (Å²) in [6.45, 7) is 7.66. The van der Waals surface area contributed by atoms with Gasteiger partial charge in [0, 0.05) is 12.6 Å². The van der Waals surface area contributed by atoms with Crippen molar-refractivity contribution in [3.8, 4) is 0 Å². The molecule has 2 nitrogen and oxygen atoms in total. The van der Waals surface area contributed by atoms with Crippen molar-refractivity contribution in [2.45, 2.75) is 52.2 Å². The molecule has 0 saturated carbocycles. The summed E-state index contributed by atoms with van der Waals surface area (Å²) in [7, 11) is 0. The third-order valence-corrected chi connectivity index (χ3v) is 4.00. The molecular formula is C18H27NO. The van der Waals surface area contributed by atoms with Crippen LogP contribution < -0.4 is 5.32 Å². The molecule has 0 aromatic heterocycles. The van der Waals surface area contributed by atoms with Gasteiger partial charge in [-0.3, -0.25) is 0 Å². The largest absolute Gasteiger partial charge is 0.497 e. The van der Waals surface area contributed by atoms with Crippen molar-refractivity contribution in [2.75, 3.05) is 6.54 Å². The lowest BCUT2D eigenvalue weighted by Gasteiger charge is -2.27. The Kier molecular flexibility index (Phi) is 5.66. The average Bonchev–Trinajstić information content (AvgIpc) is 2.49. The van der Waals surface area contributed by atoms with E-state index in [1.807, 2.05) is 6.26 Å². The molecule has 0 bridgehead atoms. The summed E-state index contributed by atoms with van der Waals surface area (Å²) in [5, 5.41) is 3.68. The van der Waals surface area contributed by atoms with Crippen molar-refractivity contribution in [3.63, 3.8) is 0 Å². The first-order valence-electron chi connectivity index (χ1n) is 7.83. The highest BCUT2D eigenvalue weighted by Crippen LogP contribution is 2.23. The van der Waals surface area contributed by atoms with Gasteiger partial charge >= 0.3 is 0 Å². The van der Waals surface area contributed by atoms with Crippen molar-refractivity contribution in [1.29, 1.82) is 0 Å². The van der Waals surface area contributed by atoms with Gasteiger partial charge in [-0.25, -0.2) is 0 Å². The third kappa shape index (κ3) is 4.11. The van der Waals surface area contributed by atoms with E-state index in [-0.39, 0.29) is 0 Å². The molecule has 0 saturated heterocycles. The number of aryl methyl sites for hydroxylation is 1. The number of hydrogen-bond acceptors (Lipinski definition) is 2. The minimum Gasteiger partial charge on any atom is -0.497 e. The molecule has 0 spiro atoms. The van der Waals surface area contributed by atoms with E-state index in [9.17, 15) is 0 Å². The highest BCUT2D eigenvalue weighted by Gasteiger charge is 2.18. The lowest BCUT2D eigenvalue weighted by atomic mass is 9.94. The third-order valence-electron chi connectivity index (χ3n) is 4.00. The van der Waals surface area contributed by atoms with Crippen molar-refractivity contribution < 1.29 is 4.74 Å². The Morgan fingerprint density at radius 1 is 1.25 bits per heavy atom. The van der Waals surface area contributed by atoms with Crippen LogP contribution in [0.4, 0.5) is 0 Å². The molecule has 2 atom stereocenters. The van der Waals surface area contributed by atoms with Crippen LogP contribution in [0.25, 0.3) is 0 Å². The van der Waals surface area contributed by atoms with Gasteiger partial charge in [-0.15, -0.1) is 0 Å². The highest BCUT2D eigenvalue weighted by atomic mass is 16.5. The van der Waals surface area contributed by atoms with E-state index >= 15 is 0 Å². The molecule has 2 heteroatoms. The zero-order valence-electron chi connectivity index (χ0n) is 12.9. The van der Waals surface area contributed by atoms with Gasteiger partial charge in [0.25, 0.3) is 0 Å². The van der Waals surface area contributed by atoms with Crippen molar-refractivity contribution >= 4 is 0 Å². The van der Waals surface area contributed by atoms with Crippen molar-refractivity contribution in [1.82, 2.24) is 5.32 Å². The Morgan fingerprint density at radius 3 is 2.55 bits per heavy atom. The second-order valence-electron chi connectivity index (χ2n) is 5.93. The second-order valence-corrected chi connectivity index (χ2v) is 5.93. The molecule has 0 aliphatic carbocycles. The van der Waals surface area contributed by atoms with Gasteiger partial charge in [0.15, 0.2) is 0 Å². The molecular weight excluding hydrogens is 246 g/mol. The Morgan fingerprint density at radius 2 is 2.00 bits per heavy atom. The SMILES string of the molecule is CCc1ccc(C(NCC2CCC=CO2)C(C)C)cc1. The van der Waals surface area contributed by atoms with E-state index in [1.54, 1.807) is 0 Å². The van der Waals surface area contributed by atoms with Crippen LogP contribution in [0.1, 0.15) is 50.8 Å². The Labute approximate surface area is 123 Å². The van der Waals surface area contributed by atoms with Crippen LogP contribution in [0, 0.1) is 5.92 Å². The minimum atomic E-state index is 0.316. The molecule has 2 unspecified atom stereocenters. The van der Waals surface area contributed by atoms with E-state index in [0.29, 0.717) is 18.1 Å². The van der Waals surface area contributed by atoms with Gasteiger partial charge in [0.1, 0.15) is 6.10 Å². The number of allylic oxidation sites excluding steroid dienone is 1. The predicted octanol–water partition coefficient (Wildman–Crippen LogP) is 4.23. The molecule has 1 aliphatic heterocycles. The molecule has 110 valence electrons. The van der Waals surface area contributed by atoms with Crippen LogP contribution in [0.2, 0.25) is 0 Å². The summed E-state index contributed by atoms with van der Waals surface area (Å²) >= 11 is 0. The summed E-state index contributed by atoms with van der Waals surface area (Å²) in [6, 6.07) is 9.41. The zero-order chi connectivity index (χ0) is 14.4. The van der Waals surface area contributed by atoms with Crippen LogP contribution in [0.5, 0.6) is 0 Å². The first kappa shape index (κ1) is 15.1. The zero-order valence-corrected chi connectivity index (χ0v) is 12.9. The molecule has 2 rings (SSSR count). The molecule has 20 heavy (non-hydrogen) atoms. The van der Waals surface area contributed by atoms with Gasteiger partial charge in [-0.1, -0.05) is 45.0 Å². The number of ether oxygens (including phenoxy) is 1. The minimum absolute atomic E-state index is 0.316. The average molecular weight is 273 g/mol. The normalized spacial score (nSPS) is 19.9. The van der Waals surface area contributed by atoms with Crippen LogP contribution in [0.15, 0.2) is 36.6 Å². The van der Waals surface area contributed by atoms with Crippen molar-refractivity contribution in [3.05, 3.63) is 47.7 Å². The molecule has 0 radical (unpaired) electrons. The summed E-state index contributed by atoms with van der Waals surface area (Å²) in [5.41, 5.74) is 2.78. The lowest BCUT2D eigenvalue weighted by Crippen LogP contribution is -2.34. The monoisotopic (exact) mass is 273 g/mol. The van der Waals surface area contributed by atoms with Crippen LogP contribution >= 0.6 is 0 Å². The van der Waals surface area contributed by atoms with Gasteiger partial charge < -0.3 is 10.1 Å². The molecule has 1 aromatic carbocycles. The first-order chi connectivity index (χ1) is 9.70. The fourth-order valence-corrected chi connectivity index (χ4v) is 2.69. The number of rotatable bonds is 6. The van der Waals surface area contributed by atoms with Gasteiger partial charge in [0.05, 0.1) is 6.26 Å². The summed E-state index contributed by atoms with van der Waals surface area (Å²) in [6.07, 6.45) is 7.60. The van der Waals surface area contributed by atoms with Crippen LogP contribution in [0.3, 0.4) is 0 Å². The van der Waals surface area contributed by atoms with E-state index in [4.69, 9.17) is 4.74 Å². The fourth-order valence-electron chi connectivity index (χ4n) is 2.69. The molecule has 1 N–H and O–H groups in total. The van der Waals surface area contributed by atoms with E-state index in [1.165, 1.54) is 11.1 Å². The fraction of sp³-hybridized carbons (Fsp3) is 0.556. The lowest BCUT2D eigenvalue weighted by molar-refractivity contribution is 0.117. The molecule has 0 amide bonds. The smallest absolute Gasteiger partial charge is 0.110 e. The summed E-state index contributed by atoms with van der Waals surface area (Å²) in [4.78, 5) is 0. The van der Waals surface area contributed by atoms with Crippen molar-refractivity contribution in [2.24, 2.45) is 5.92 Å². The standard InChI is InChI=1S/C18H27NO/c1-4-15-8-10-16(11-9-15)18(14(2)3)19-13-17-7-5-6-12-20-17/h6,8-12,14,17-19H,4-5,7,13H2,1-3H3. The maximum atomic E-state index is 5.64. The van der Waals surface area contributed by atoms with Gasteiger partial charge in [-0.05, 0) is 42.4 Å². The number of benzene rings is 1. The van der Waals surface area contributed by atoms with Crippen LogP contribution in [-0.2, 0) is 11.2 Å². The molecule has 1 aliphatic rings. The summed E-state index contributed by atoms with van der Waals surface area (Å²) < 4.78 is 5.64. The van der Waals surface area contributed by atoms with Gasteiger partial charge in [0.2, 0.25) is 0 Å². The topological polar surface area (TPSA) is 21.3 Å². The van der Waals surface area contributed by atoms with Gasteiger partial charge in [-0.2, -0.15) is 0 Å². The first-order valence-corrected chi connectivity index (χ1v) is 7.83. The Bertz CT molecular complexity index is 422. The number of nitrogens with one attached hydrogen (secondary N) is 1. The molecule has 0 fully saturated rings.